The molecule has 0 aliphatic carbocycles. The zero-order chi connectivity index (χ0) is 15.6. The van der Waals surface area contributed by atoms with Crippen molar-refractivity contribution in [1.82, 2.24) is 0 Å². The maximum absolute atomic E-state index is 11.3. The fraction of sp³-hybridized carbons (Fsp3) is 0.154. The normalized spacial score (nSPS) is 10.4. The number of benzene rings is 1. The first-order valence-electron chi connectivity index (χ1n) is 5.85. The largest absolute Gasteiger partial charge is 0.478 e. The predicted molar refractivity (Wildman–Crippen MR) is 81.5 cm³/mol. The molecule has 0 unspecified atom stereocenters. The summed E-state index contributed by atoms with van der Waals surface area (Å²) in [5, 5.41) is 20.0. The molecule has 0 spiro atoms. The number of hydrogen-bond donors (Lipinski definition) is 1. The lowest BCUT2D eigenvalue weighted by Crippen LogP contribution is -2.19. The third kappa shape index (κ3) is 3.50. The van der Waals surface area contributed by atoms with Gasteiger partial charge in [-0.25, -0.2) is 4.79 Å². The molecule has 21 heavy (non-hydrogen) atoms. The molecule has 8 heteroatoms. The Morgan fingerprint density at radius 1 is 1.43 bits per heavy atom. The Kier molecular flexibility index (Phi) is 4.44. The zero-order valence-electron chi connectivity index (χ0n) is 10.9. The second kappa shape index (κ2) is 6.11. The third-order valence-electron chi connectivity index (χ3n) is 2.85. The molecule has 0 saturated carbocycles. The van der Waals surface area contributed by atoms with Gasteiger partial charge in [0.15, 0.2) is 0 Å². The second-order valence-corrected chi connectivity index (χ2v) is 6.13. The summed E-state index contributed by atoms with van der Waals surface area (Å²) in [6.07, 6.45) is 0. The number of hydrogen-bond acceptors (Lipinski definition) is 5. The van der Waals surface area contributed by atoms with Gasteiger partial charge in [-0.2, -0.15) is 0 Å². The third-order valence-corrected chi connectivity index (χ3v) is 4.07. The smallest absolute Gasteiger partial charge is 0.338 e. The van der Waals surface area contributed by atoms with Crippen LogP contribution in [-0.2, 0) is 6.54 Å². The fourth-order valence-electron chi connectivity index (χ4n) is 1.90. The van der Waals surface area contributed by atoms with Crippen LogP contribution in [0.2, 0.25) is 4.34 Å². The number of non-ortho nitro benzene ring substituents is 1. The Balaban J connectivity index is 2.33. The van der Waals surface area contributed by atoms with Crippen molar-refractivity contribution in [1.29, 1.82) is 0 Å². The number of carboxylic acids is 1. The Labute approximate surface area is 129 Å². The summed E-state index contributed by atoms with van der Waals surface area (Å²) in [5.41, 5.74) is 0.0655. The van der Waals surface area contributed by atoms with E-state index in [-0.39, 0.29) is 11.3 Å². The molecule has 2 rings (SSSR count). The molecule has 6 nitrogen and oxygen atoms in total. The predicted octanol–water partition coefficient (Wildman–Crippen LogP) is 3.64. The average Bonchev–Trinajstić information content (AvgIpc) is 2.83. The molecular weight excluding hydrogens is 316 g/mol. The van der Waals surface area contributed by atoms with Crippen molar-refractivity contribution in [3.05, 3.63) is 55.2 Å². The van der Waals surface area contributed by atoms with Gasteiger partial charge < -0.3 is 10.0 Å². The molecule has 1 N–H and O–H groups in total. The summed E-state index contributed by atoms with van der Waals surface area (Å²) in [6, 6.07) is 7.42. The van der Waals surface area contributed by atoms with Crippen LogP contribution in [-0.4, -0.2) is 23.0 Å². The number of rotatable bonds is 5. The van der Waals surface area contributed by atoms with Crippen molar-refractivity contribution in [3.63, 3.8) is 0 Å². The summed E-state index contributed by atoms with van der Waals surface area (Å²) in [4.78, 5) is 24.1. The second-order valence-electron chi connectivity index (χ2n) is 4.33. The van der Waals surface area contributed by atoms with Gasteiger partial charge in [0.1, 0.15) is 0 Å². The molecule has 1 aromatic heterocycles. The lowest BCUT2D eigenvalue weighted by atomic mass is 10.1. The highest BCUT2D eigenvalue weighted by atomic mass is 35.5. The number of aromatic carboxylic acids is 1. The zero-order valence-corrected chi connectivity index (χ0v) is 12.5. The molecule has 0 atom stereocenters. The Bertz CT molecular complexity index is 701. The van der Waals surface area contributed by atoms with E-state index in [1.165, 1.54) is 23.5 Å². The summed E-state index contributed by atoms with van der Waals surface area (Å²) >= 11 is 7.26. The molecular formula is C13H11ClN2O4S. The minimum atomic E-state index is -1.20. The lowest BCUT2D eigenvalue weighted by molar-refractivity contribution is -0.384. The van der Waals surface area contributed by atoms with Gasteiger partial charge in [-0.05, 0) is 18.2 Å². The average molecular weight is 327 g/mol. The lowest BCUT2D eigenvalue weighted by Gasteiger charge is -2.20. The first kappa shape index (κ1) is 15.3. The monoisotopic (exact) mass is 326 g/mol. The molecule has 0 bridgehead atoms. The maximum atomic E-state index is 11.3. The number of carbonyl (C=O) groups is 1. The molecule has 0 aliphatic heterocycles. The van der Waals surface area contributed by atoms with Crippen LogP contribution in [0.3, 0.4) is 0 Å². The highest BCUT2D eigenvalue weighted by Gasteiger charge is 2.18. The van der Waals surface area contributed by atoms with Crippen molar-refractivity contribution >= 4 is 40.3 Å². The van der Waals surface area contributed by atoms with Gasteiger partial charge in [-0.3, -0.25) is 10.1 Å². The molecule has 0 radical (unpaired) electrons. The van der Waals surface area contributed by atoms with Gasteiger partial charge in [0.2, 0.25) is 0 Å². The number of thiophene rings is 1. The van der Waals surface area contributed by atoms with Crippen molar-refractivity contribution in [2.24, 2.45) is 0 Å². The Morgan fingerprint density at radius 3 is 2.67 bits per heavy atom. The van der Waals surface area contributed by atoms with E-state index in [0.717, 1.165) is 10.9 Å². The minimum absolute atomic E-state index is 0.102. The van der Waals surface area contributed by atoms with Crippen LogP contribution >= 0.6 is 22.9 Å². The van der Waals surface area contributed by atoms with E-state index in [4.69, 9.17) is 11.6 Å². The highest BCUT2D eigenvalue weighted by molar-refractivity contribution is 7.16. The number of carboxylic acid groups (broad SMARTS) is 1. The van der Waals surface area contributed by atoms with Gasteiger partial charge in [0.05, 0.1) is 27.1 Å². The SMILES string of the molecule is CN(Cc1ccc(Cl)s1)c1ccc([N+](=O)[O-])cc1C(=O)O. The van der Waals surface area contributed by atoms with Crippen LogP contribution in [0.25, 0.3) is 0 Å². The number of nitro benzene ring substituents is 1. The molecule has 2 aromatic rings. The van der Waals surface area contributed by atoms with E-state index < -0.39 is 10.9 Å². The van der Waals surface area contributed by atoms with E-state index in [1.54, 1.807) is 18.0 Å². The summed E-state index contributed by atoms with van der Waals surface area (Å²) < 4.78 is 0.653. The molecule has 1 heterocycles. The summed E-state index contributed by atoms with van der Waals surface area (Å²) in [7, 11) is 1.72. The fourth-order valence-corrected chi connectivity index (χ4v) is 3.04. The van der Waals surface area contributed by atoms with E-state index >= 15 is 0 Å². The highest BCUT2D eigenvalue weighted by Crippen LogP contribution is 2.28. The van der Waals surface area contributed by atoms with Crippen LogP contribution in [0, 0.1) is 10.1 Å². The van der Waals surface area contributed by atoms with Crippen molar-refractivity contribution in [2.45, 2.75) is 6.54 Å². The van der Waals surface area contributed by atoms with Gasteiger partial charge in [-0.15, -0.1) is 11.3 Å². The first-order chi connectivity index (χ1) is 9.88. The van der Waals surface area contributed by atoms with Crippen LogP contribution in [0.15, 0.2) is 30.3 Å². The van der Waals surface area contributed by atoms with Gasteiger partial charge in [0.25, 0.3) is 5.69 Å². The van der Waals surface area contributed by atoms with E-state index in [9.17, 15) is 20.0 Å². The van der Waals surface area contributed by atoms with Crippen LogP contribution < -0.4 is 4.90 Å². The maximum Gasteiger partial charge on any atom is 0.338 e. The van der Waals surface area contributed by atoms with Crippen molar-refractivity contribution < 1.29 is 14.8 Å². The first-order valence-corrected chi connectivity index (χ1v) is 7.05. The number of nitrogens with zero attached hydrogens (tertiary/aromatic N) is 2. The molecule has 110 valence electrons. The van der Waals surface area contributed by atoms with Crippen molar-refractivity contribution in [3.8, 4) is 0 Å². The summed E-state index contributed by atoms with van der Waals surface area (Å²) in [6.45, 7) is 0.468. The number of halogens is 1. The molecule has 0 aliphatic rings. The topological polar surface area (TPSA) is 83.7 Å². The van der Waals surface area contributed by atoms with Crippen molar-refractivity contribution in [2.75, 3.05) is 11.9 Å². The summed E-state index contributed by atoms with van der Waals surface area (Å²) in [5.74, 6) is -1.20. The molecule has 1 aromatic carbocycles. The van der Waals surface area contributed by atoms with E-state index in [1.807, 2.05) is 6.07 Å². The molecule has 0 fully saturated rings. The van der Waals surface area contributed by atoms with Gasteiger partial charge >= 0.3 is 5.97 Å². The van der Waals surface area contributed by atoms with Crippen LogP contribution in [0.4, 0.5) is 11.4 Å². The Morgan fingerprint density at radius 2 is 2.14 bits per heavy atom. The van der Waals surface area contributed by atoms with Gasteiger partial charge in [0, 0.05) is 24.1 Å². The quantitative estimate of drug-likeness (QED) is 0.669. The standard InChI is InChI=1S/C13H11ClN2O4S/c1-15(7-9-3-5-12(14)21-9)11-4-2-8(16(19)20)6-10(11)13(17)18/h2-6H,7H2,1H3,(H,17,18). The number of nitro groups is 1. The van der Waals surface area contributed by atoms with Crippen LogP contribution in [0.5, 0.6) is 0 Å². The van der Waals surface area contributed by atoms with E-state index in [0.29, 0.717) is 16.6 Å². The number of anilines is 1. The Hall–Kier alpha value is -2.12. The van der Waals surface area contributed by atoms with E-state index in [2.05, 4.69) is 0 Å². The van der Waals surface area contributed by atoms with Crippen LogP contribution in [0.1, 0.15) is 15.2 Å². The van der Waals surface area contributed by atoms with Gasteiger partial charge in [-0.1, -0.05) is 11.6 Å². The molecule has 0 amide bonds. The minimum Gasteiger partial charge on any atom is -0.478 e. The molecule has 0 saturated heterocycles.